The van der Waals surface area contributed by atoms with Crippen LogP contribution in [0.1, 0.15) is 21.5 Å². The zero-order chi connectivity index (χ0) is 20.0. The van der Waals surface area contributed by atoms with Gasteiger partial charge in [0.25, 0.3) is 0 Å². The molecule has 0 atom stereocenters. The molecule has 2 aromatic carbocycles. The molecule has 0 heterocycles. The Morgan fingerprint density at radius 3 is 2.52 bits per heavy atom. The molecule has 0 aliphatic heterocycles. The number of methoxy groups -OCH3 is 1. The largest absolute Gasteiger partial charge is 0.465 e. The fourth-order valence-electron chi connectivity index (χ4n) is 2.26. The lowest BCUT2D eigenvalue weighted by atomic mass is 10.1. The Kier molecular flexibility index (Phi) is 6.11. The van der Waals surface area contributed by atoms with Crippen molar-refractivity contribution in [2.45, 2.75) is 6.18 Å². The van der Waals surface area contributed by atoms with Gasteiger partial charge in [0.15, 0.2) is 0 Å². The first-order valence-electron chi connectivity index (χ1n) is 7.55. The van der Waals surface area contributed by atoms with E-state index in [1.54, 1.807) is 0 Å². The number of nitrogens with zero attached hydrogens (tertiary/aromatic N) is 3. The van der Waals surface area contributed by atoms with Crippen LogP contribution in [-0.2, 0) is 10.9 Å². The molecule has 27 heavy (non-hydrogen) atoms. The molecule has 0 saturated carbocycles. The van der Waals surface area contributed by atoms with Crippen LogP contribution < -0.4 is 11.2 Å². The van der Waals surface area contributed by atoms with Gasteiger partial charge in [0.05, 0.1) is 18.2 Å². The number of anilines is 2. The second kappa shape index (κ2) is 8.30. The molecule has 3 N–H and O–H groups in total. The second-order valence-electron chi connectivity index (χ2n) is 5.21. The quantitative estimate of drug-likeness (QED) is 0.210. The molecule has 0 saturated heterocycles. The number of alkyl halides is 3. The smallest absolute Gasteiger partial charge is 0.416 e. The van der Waals surface area contributed by atoms with Crippen LogP contribution in [-0.4, -0.2) is 26.0 Å². The highest BCUT2D eigenvalue weighted by Crippen LogP contribution is 2.32. The lowest BCUT2D eigenvalue weighted by Gasteiger charge is -2.14. The number of halogens is 3. The summed E-state index contributed by atoms with van der Waals surface area (Å²) in [6.07, 6.45) is -4.48. The highest BCUT2D eigenvalue weighted by atomic mass is 19.4. The minimum atomic E-state index is -4.48. The van der Waals surface area contributed by atoms with E-state index in [4.69, 9.17) is 5.84 Å². The highest BCUT2D eigenvalue weighted by molar-refractivity contribution is 6.06. The van der Waals surface area contributed by atoms with Crippen molar-refractivity contribution >= 4 is 23.2 Å². The van der Waals surface area contributed by atoms with Gasteiger partial charge in [-0.15, -0.1) is 5.11 Å². The summed E-state index contributed by atoms with van der Waals surface area (Å²) in [6, 6.07) is 9.00. The third-order valence-corrected chi connectivity index (χ3v) is 3.47. The number of esters is 1. The molecule has 7 nitrogen and oxygen atoms in total. The van der Waals surface area contributed by atoms with Gasteiger partial charge in [-0.25, -0.2) is 4.79 Å². The van der Waals surface area contributed by atoms with Gasteiger partial charge >= 0.3 is 12.1 Å². The average Bonchev–Trinajstić information content (AvgIpc) is 2.65. The summed E-state index contributed by atoms with van der Waals surface area (Å²) >= 11 is 0. The number of carbonyl (C=O) groups is 1. The predicted octanol–water partition coefficient (Wildman–Crippen LogP) is 3.94. The van der Waals surface area contributed by atoms with E-state index < -0.39 is 17.7 Å². The molecule has 0 spiro atoms. The SMILES string of the molecule is CN=NC(=NN)c1cc(C(=O)OC)ccc1Nc1cccc(C(F)(F)F)c1. The molecule has 142 valence electrons. The Labute approximate surface area is 152 Å². The molecule has 0 aliphatic carbocycles. The zero-order valence-corrected chi connectivity index (χ0v) is 14.4. The van der Waals surface area contributed by atoms with Crippen LogP contribution >= 0.6 is 0 Å². The van der Waals surface area contributed by atoms with Crippen LogP contribution in [0.2, 0.25) is 0 Å². The highest BCUT2D eigenvalue weighted by Gasteiger charge is 2.30. The number of hydrazone groups is 1. The van der Waals surface area contributed by atoms with Crippen LogP contribution in [0.4, 0.5) is 24.5 Å². The second-order valence-corrected chi connectivity index (χ2v) is 5.21. The Bertz CT molecular complexity index is 894. The summed E-state index contributed by atoms with van der Waals surface area (Å²) in [4.78, 5) is 11.8. The standard InChI is InChI=1S/C17H16F3N5O2/c1-22-25-15(24-21)13-8-10(16(26)27-2)6-7-14(13)23-12-5-3-4-11(9-12)17(18,19)20/h3-9,23H,21H2,1-2H3. The fraction of sp³-hybridized carbons (Fsp3) is 0.176. The van der Waals surface area contributed by atoms with E-state index in [2.05, 4.69) is 25.4 Å². The third-order valence-electron chi connectivity index (χ3n) is 3.47. The Hall–Kier alpha value is -3.43. The van der Waals surface area contributed by atoms with Crippen LogP contribution in [0.5, 0.6) is 0 Å². The van der Waals surface area contributed by atoms with Crippen molar-refractivity contribution in [3.63, 3.8) is 0 Å². The summed E-state index contributed by atoms with van der Waals surface area (Å²) in [7, 11) is 2.62. The van der Waals surface area contributed by atoms with Gasteiger partial charge in [0.1, 0.15) is 0 Å². The number of benzene rings is 2. The van der Waals surface area contributed by atoms with E-state index in [1.165, 1.54) is 44.5 Å². The van der Waals surface area contributed by atoms with Gasteiger partial charge in [-0.1, -0.05) is 6.07 Å². The first-order valence-corrected chi connectivity index (χ1v) is 7.55. The lowest BCUT2D eigenvalue weighted by molar-refractivity contribution is -0.137. The topological polar surface area (TPSA) is 101 Å². The molecule has 2 rings (SSSR count). The maximum Gasteiger partial charge on any atom is 0.416 e. The predicted molar refractivity (Wildman–Crippen MR) is 94.0 cm³/mol. The molecular weight excluding hydrogens is 363 g/mol. The van der Waals surface area contributed by atoms with Crippen LogP contribution in [0, 0.1) is 0 Å². The number of nitrogens with two attached hydrogens (primary N) is 1. The number of azo groups is 1. The van der Waals surface area contributed by atoms with E-state index >= 15 is 0 Å². The minimum absolute atomic E-state index is 0.0160. The van der Waals surface area contributed by atoms with Crippen LogP contribution in [0.25, 0.3) is 0 Å². The van der Waals surface area contributed by atoms with Gasteiger partial charge in [0, 0.05) is 24.0 Å². The van der Waals surface area contributed by atoms with E-state index in [0.29, 0.717) is 5.69 Å². The summed E-state index contributed by atoms with van der Waals surface area (Å²) in [5, 5.41) is 13.7. The lowest BCUT2D eigenvalue weighted by Crippen LogP contribution is -2.09. The maximum absolute atomic E-state index is 12.9. The van der Waals surface area contributed by atoms with Crippen molar-refractivity contribution in [3.8, 4) is 0 Å². The maximum atomic E-state index is 12.9. The number of rotatable bonds is 4. The van der Waals surface area contributed by atoms with Gasteiger partial charge in [-0.3, -0.25) is 0 Å². The van der Waals surface area contributed by atoms with Gasteiger partial charge in [0.2, 0.25) is 5.84 Å². The van der Waals surface area contributed by atoms with Crippen LogP contribution in [0.3, 0.4) is 0 Å². The number of hydrogen-bond donors (Lipinski definition) is 2. The minimum Gasteiger partial charge on any atom is -0.465 e. The summed E-state index contributed by atoms with van der Waals surface area (Å²) in [5.74, 6) is 4.71. The Morgan fingerprint density at radius 2 is 1.93 bits per heavy atom. The van der Waals surface area contributed by atoms with E-state index in [0.717, 1.165) is 12.1 Å². The molecule has 10 heteroatoms. The molecule has 0 fully saturated rings. The van der Waals surface area contributed by atoms with E-state index in [9.17, 15) is 18.0 Å². The average molecular weight is 379 g/mol. The first kappa shape index (κ1) is 19.9. The normalized spacial score (nSPS) is 12.3. The number of amidine groups is 1. The molecular formula is C17H16F3N5O2. The van der Waals surface area contributed by atoms with Gasteiger partial charge < -0.3 is 15.9 Å². The van der Waals surface area contributed by atoms with Gasteiger partial charge in [-0.05, 0) is 36.4 Å². The van der Waals surface area contributed by atoms with Crippen molar-refractivity contribution < 1.29 is 22.7 Å². The molecule has 0 amide bonds. The van der Waals surface area contributed by atoms with Crippen molar-refractivity contribution in [3.05, 3.63) is 59.2 Å². The van der Waals surface area contributed by atoms with E-state index in [-0.39, 0.29) is 22.6 Å². The summed E-state index contributed by atoms with van der Waals surface area (Å²) in [5.41, 5.74) is 0.166. The Morgan fingerprint density at radius 1 is 1.19 bits per heavy atom. The first-order chi connectivity index (χ1) is 12.8. The number of hydrogen-bond acceptors (Lipinski definition) is 6. The summed E-state index contributed by atoms with van der Waals surface area (Å²) in [6.45, 7) is 0. The number of ether oxygens (including phenoxy) is 1. The van der Waals surface area contributed by atoms with Crippen molar-refractivity contribution in [1.82, 2.24) is 0 Å². The molecule has 2 aromatic rings. The monoisotopic (exact) mass is 379 g/mol. The Balaban J connectivity index is 2.51. The third kappa shape index (κ3) is 4.81. The molecule has 0 aliphatic rings. The number of carbonyl (C=O) groups excluding carboxylic acids is 1. The zero-order valence-electron chi connectivity index (χ0n) is 14.4. The molecule has 0 aromatic heterocycles. The fourth-order valence-corrected chi connectivity index (χ4v) is 2.26. The molecule has 0 bridgehead atoms. The number of nitrogens with one attached hydrogen (secondary N) is 1. The van der Waals surface area contributed by atoms with Gasteiger partial charge in [-0.2, -0.15) is 23.4 Å². The molecule has 0 unspecified atom stereocenters. The van der Waals surface area contributed by atoms with Crippen molar-refractivity contribution in [1.29, 1.82) is 0 Å². The van der Waals surface area contributed by atoms with Crippen LogP contribution in [0.15, 0.2) is 57.8 Å². The van der Waals surface area contributed by atoms with Crippen molar-refractivity contribution in [2.75, 3.05) is 19.5 Å². The van der Waals surface area contributed by atoms with E-state index in [1.807, 2.05) is 0 Å². The molecule has 0 radical (unpaired) electrons. The summed E-state index contributed by atoms with van der Waals surface area (Å²) < 4.78 is 43.4. The van der Waals surface area contributed by atoms with Crippen molar-refractivity contribution in [2.24, 2.45) is 21.2 Å².